The summed E-state index contributed by atoms with van der Waals surface area (Å²) >= 11 is 6.08. The molecule has 0 aliphatic carbocycles. The molecule has 0 radical (unpaired) electrons. The molecule has 23 heavy (non-hydrogen) atoms. The number of nitrogen functional groups attached to an aromatic ring is 1. The first-order valence-corrected chi connectivity index (χ1v) is 8.76. The van der Waals surface area contributed by atoms with Crippen LogP contribution in [0.2, 0.25) is 5.02 Å². The summed E-state index contributed by atoms with van der Waals surface area (Å²) in [6.45, 7) is 10.0. The maximum Gasteiger partial charge on any atom is 0.0967 e. The third-order valence-electron chi connectivity index (χ3n) is 4.31. The summed E-state index contributed by atoms with van der Waals surface area (Å²) in [7, 11) is 0. The van der Waals surface area contributed by atoms with Gasteiger partial charge in [-0.15, -0.1) is 0 Å². The third-order valence-corrected chi connectivity index (χ3v) is 4.64. The Hall–Kier alpha value is -1.52. The van der Waals surface area contributed by atoms with Crippen molar-refractivity contribution in [2.75, 3.05) is 30.7 Å². The fraction of sp³-hybridized carbons (Fsp3) is 0.500. The molecule has 2 rings (SSSR count). The Morgan fingerprint density at radius 3 is 2.70 bits per heavy atom. The summed E-state index contributed by atoms with van der Waals surface area (Å²) in [5, 5.41) is 5.15. The topological polar surface area (TPSA) is 54.2 Å². The number of nitrogens with zero attached hydrogens (tertiary/aromatic N) is 2. The Kier molecular flexibility index (Phi) is 6.48. The number of aromatic nitrogens is 1. The summed E-state index contributed by atoms with van der Waals surface area (Å²) < 4.78 is 0. The molecular formula is C18H27ClN4. The van der Waals surface area contributed by atoms with Crippen LogP contribution in [0.15, 0.2) is 24.4 Å². The number of nitrogens with one attached hydrogen (secondary N) is 1. The second-order valence-corrected chi connectivity index (χ2v) is 6.34. The normalized spacial score (nSPS) is 12.7. The van der Waals surface area contributed by atoms with Crippen LogP contribution in [0.3, 0.4) is 0 Å². The highest BCUT2D eigenvalue weighted by atomic mass is 35.5. The fourth-order valence-electron chi connectivity index (χ4n) is 2.84. The van der Waals surface area contributed by atoms with Gasteiger partial charge in [-0.25, -0.2) is 0 Å². The van der Waals surface area contributed by atoms with E-state index in [1.807, 2.05) is 18.2 Å². The van der Waals surface area contributed by atoms with Crippen LogP contribution in [0.1, 0.15) is 33.6 Å². The number of rotatable bonds is 8. The maximum absolute atomic E-state index is 6.08. The molecule has 0 spiro atoms. The van der Waals surface area contributed by atoms with Crippen LogP contribution >= 0.6 is 11.6 Å². The van der Waals surface area contributed by atoms with Crippen LogP contribution in [0, 0.1) is 0 Å². The lowest BCUT2D eigenvalue weighted by Gasteiger charge is -2.21. The molecule has 126 valence electrons. The zero-order valence-electron chi connectivity index (χ0n) is 14.3. The zero-order valence-corrected chi connectivity index (χ0v) is 15.0. The molecule has 1 heterocycles. The van der Waals surface area contributed by atoms with E-state index in [4.69, 9.17) is 17.3 Å². The number of anilines is 2. The van der Waals surface area contributed by atoms with E-state index in [1.54, 1.807) is 6.20 Å². The molecule has 0 saturated heterocycles. The average molecular weight is 335 g/mol. The Labute approximate surface area is 144 Å². The standard InChI is InChI=1S/C18H27ClN4/c1-4-23(5-2)12-6-7-13(3)22-16-10-11-21-18-14(16)8-9-15(19)17(18)20/h8-11,13H,4-7,12,20H2,1-3H3,(H,21,22)/t13-/m1/s1. The van der Waals surface area contributed by atoms with Gasteiger partial charge in [0.15, 0.2) is 0 Å². The summed E-state index contributed by atoms with van der Waals surface area (Å²) in [5.41, 5.74) is 8.40. The molecule has 1 aromatic heterocycles. The second-order valence-electron chi connectivity index (χ2n) is 5.93. The lowest BCUT2D eigenvalue weighted by molar-refractivity contribution is 0.295. The zero-order chi connectivity index (χ0) is 16.8. The van der Waals surface area contributed by atoms with E-state index in [0.717, 1.165) is 42.6 Å². The van der Waals surface area contributed by atoms with Crippen molar-refractivity contribution in [1.29, 1.82) is 0 Å². The molecule has 0 fully saturated rings. The minimum Gasteiger partial charge on any atom is -0.396 e. The van der Waals surface area contributed by atoms with Crippen molar-refractivity contribution in [1.82, 2.24) is 9.88 Å². The SMILES string of the molecule is CCN(CC)CCC[C@@H](C)Nc1ccnc2c(N)c(Cl)ccc12. The third kappa shape index (κ3) is 4.49. The molecule has 1 atom stereocenters. The molecule has 3 N–H and O–H groups in total. The van der Waals surface area contributed by atoms with E-state index in [2.05, 4.69) is 36.0 Å². The number of halogens is 1. The highest BCUT2D eigenvalue weighted by molar-refractivity contribution is 6.34. The quantitative estimate of drug-likeness (QED) is 0.703. The molecule has 0 aliphatic rings. The van der Waals surface area contributed by atoms with Crippen molar-refractivity contribution < 1.29 is 0 Å². The van der Waals surface area contributed by atoms with Gasteiger partial charge in [0.05, 0.1) is 16.2 Å². The first-order valence-electron chi connectivity index (χ1n) is 8.38. The van der Waals surface area contributed by atoms with Gasteiger partial charge >= 0.3 is 0 Å². The van der Waals surface area contributed by atoms with E-state index in [0.29, 0.717) is 16.8 Å². The predicted octanol–water partition coefficient (Wildman–Crippen LogP) is 4.39. The summed E-state index contributed by atoms with van der Waals surface area (Å²) in [6, 6.07) is 6.20. The van der Waals surface area contributed by atoms with Gasteiger partial charge in [0, 0.05) is 23.3 Å². The van der Waals surface area contributed by atoms with Crippen molar-refractivity contribution in [3.05, 3.63) is 29.4 Å². The minimum absolute atomic E-state index is 0.396. The van der Waals surface area contributed by atoms with Crippen molar-refractivity contribution >= 4 is 33.9 Å². The van der Waals surface area contributed by atoms with Crippen LogP contribution in [-0.4, -0.2) is 35.6 Å². The van der Waals surface area contributed by atoms with Gasteiger partial charge in [0.2, 0.25) is 0 Å². The van der Waals surface area contributed by atoms with E-state index in [9.17, 15) is 0 Å². The lowest BCUT2D eigenvalue weighted by atomic mass is 10.1. The van der Waals surface area contributed by atoms with E-state index >= 15 is 0 Å². The lowest BCUT2D eigenvalue weighted by Crippen LogP contribution is -2.25. The predicted molar refractivity (Wildman–Crippen MR) is 101 cm³/mol. The number of fused-ring (bicyclic) bond motifs is 1. The van der Waals surface area contributed by atoms with E-state index in [-0.39, 0.29) is 0 Å². The first kappa shape index (κ1) is 17.8. The Morgan fingerprint density at radius 2 is 2.00 bits per heavy atom. The monoisotopic (exact) mass is 334 g/mol. The molecule has 5 heteroatoms. The van der Waals surface area contributed by atoms with Gasteiger partial charge in [-0.3, -0.25) is 4.98 Å². The number of nitrogens with two attached hydrogens (primary N) is 1. The summed E-state index contributed by atoms with van der Waals surface area (Å²) in [5.74, 6) is 0. The van der Waals surface area contributed by atoms with Crippen LogP contribution in [0.25, 0.3) is 10.9 Å². The summed E-state index contributed by atoms with van der Waals surface area (Å²) in [6.07, 6.45) is 4.09. The smallest absolute Gasteiger partial charge is 0.0967 e. The molecule has 0 aliphatic heterocycles. The highest BCUT2D eigenvalue weighted by Crippen LogP contribution is 2.31. The van der Waals surface area contributed by atoms with Gasteiger partial charge in [-0.2, -0.15) is 0 Å². The first-order chi connectivity index (χ1) is 11.1. The van der Waals surface area contributed by atoms with Crippen LogP contribution in [0.5, 0.6) is 0 Å². The molecule has 4 nitrogen and oxygen atoms in total. The van der Waals surface area contributed by atoms with Gasteiger partial charge in [0.25, 0.3) is 0 Å². The van der Waals surface area contributed by atoms with Gasteiger partial charge in [0.1, 0.15) is 0 Å². The van der Waals surface area contributed by atoms with E-state index < -0.39 is 0 Å². The Bertz CT molecular complexity index is 640. The summed E-state index contributed by atoms with van der Waals surface area (Å²) in [4.78, 5) is 6.82. The van der Waals surface area contributed by atoms with Crippen molar-refractivity contribution in [3.8, 4) is 0 Å². The molecule has 2 aromatic rings. The number of benzene rings is 1. The molecule has 0 unspecified atom stereocenters. The van der Waals surface area contributed by atoms with Crippen molar-refractivity contribution in [2.45, 2.75) is 39.7 Å². The number of pyridine rings is 1. The van der Waals surface area contributed by atoms with Crippen LogP contribution < -0.4 is 11.1 Å². The largest absolute Gasteiger partial charge is 0.396 e. The van der Waals surface area contributed by atoms with Gasteiger partial charge < -0.3 is 16.0 Å². The van der Waals surface area contributed by atoms with Crippen molar-refractivity contribution in [3.63, 3.8) is 0 Å². The minimum atomic E-state index is 0.396. The second kappa shape index (κ2) is 8.37. The van der Waals surface area contributed by atoms with Crippen LogP contribution in [-0.2, 0) is 0 Å². The molecule has 1 aromatic carbocycles. The fourth-order valence-corrected chi connectivity index (χ4v) is 2.99. The Balaban J connectivity index is 2.03. The molecular weight excluding hydrogens is 308 g/mol. The van der Waals surface area contributed by atoms with Crippen molar-refractivity contribution in [2.24, 2.45) is 0 Å². The van der Waals surface area contributed by atoms with Crippen LogP contribution in [0.4, 0.5) is 11.4 Å². The number of hydrogen-bond donors (Lipinski definition) is 2. The average Bonchev–Trinajstić information content (AvgIpc) is 2.55. The number of hydrogen-bond acceptors (Lipinski definition) is 4. The van der Waals surface area contributed by atoms with Gasteiger partial charge in [-0.05, 0) is 57.6 Å². The molecule has 0 saturated carbocycles. The Morgan fingerprint density at radius 1 is 1.26 bits per heavy atom. The highest BCUT2D eigenvalue weighted by Gasteiger charge is 2.10. The molecule has 0 amide bonds. The van der Waals surface area contributed by atoms with Gasteiger partial charge in [-0.1, -0.05) is 25.4 Å². The molecule has 0 bridgehead atoms. The maximum atomic E-state index is 6.08. The van der Waals surface area contributed by atoms with E-state index in [1.165, 1.54) is 6.42 Å².